The number of hydrogen-bond acceptors (Lipinski definition) is 3. The Morgan fingerprint density at radius 2 is 2.25 bits per heavy atom. The number of nitrogens with one attached hydrogen (secondary N) is 1. The molecular weight excluding hydrogens is 252 g/mol. The molecule has 1 amide bonds. The van der Waals surface area contributed by atoms with Gasteiger partial charge in [0, 0.05) is 18.8 Å². The summed E-state index contributed by atoms with van der Waals surface area (Å²) >= 11 is 0. The molecule has 0 aliphatic carbocycles. The van der Waals surface area contributed by atoms with E-state index < -0.39 is 0 Å². The number of anilines is 1. The molecule has 1 unspecified atom stereocenters. The van der Waals surface area contributed by atoms with Crippen LogP contribution in [-0.4, -0.2) is 43.7 Å². The van der Waals surface area contributed by atoms with E-state index in [0.717, 1.165) is 38.1 Å². The predicted molar refractivity (Wildman–Crippen MR) is 80.9 cm³/mol. The number of carbonyl (C=O) groups is 1. The van der Waals surface area contributed by atoms with Crippen molar-refractivity contribution >= 4 is 11.6 Å². The third kappa shape index (κ3) is 4.32. The Morgan fingerprint density at radius 1 is 1.45 bits per heavy atom. The molecule has 4 nitrogen and oxygen atoms in total. The molecule has 0 bridgehead atoms. The summed E-state index contributed by atoms with van der Waals surface area (Å²) in [6.07, 6.45) is 3.44. The monoisotopic (exact) mass is 276 g/mol. The Balaban J connectivity index is 1.82. The van der Waals surface area contributed by atoms with Gasteiger partial charge >= 0.3 is 0 Å². The maximum atomic E-state index is 12.1. The zero-order chi connectivity index (χ0) is 14.4. The number of carbonyl (C=O) groups excluding carboxylic acids is 1. The first kappa shape index (κ1) is 15.0. The minimum Gasteiger partial charge on any atom is -0.377 e. The summed E-state index contributed by atoms with van der Waals surface area (Å²) in [7, 11) is 1.97. The molecule has 1 aromatic rings. The highest BCUT2D eigenvalue weighted by atomic mass is 16.5. The van der Waals surface area contributed by atoms with Crippen LogP contribution in [0.4, 0.5) is 5.69 Å². The summed E-state index contributed by atoms with van der Waals surface area (Å²) in [6.45, 7) is 4.17. The Kier molecular flexibility index (Phi) is 5.56. The predicted octanol–water partition coefficient (Wildman–Crippen LogP) is 2.30. The molecular formula is C16H24N2O2. The highest BCUT2D eigenvalue weighted by Gasteiger charge is 2.18. The molecule has 1 aromatic carbocycles. The van der Waals surface area contributed by atoms with Gasteiger partial charge in [-0.25, -0.2) is 0 Å². The molecule has 0 saturated carbocycles. The van der Waals surface area contributed by atoms with Gasteiger partial charge in [-0.05, 0) is 37.9 Å². The maximum absolute atomic E-state index is 12.1. The fourth-order valence-electron chi connectivity index (χ4n) is 2.59. The van der Waals surface area contributed by atoms with Crippen molar-refractivity contribution in [2.24, 2.45) is 0 Å². The van der Waals surface area contributed by atoms with Crippen molar-refractivity contribution < 1.29 is 9.53 Å². The van der Waals surface area contributed by atoms with E-state index in [-0.39, 0.29) is 12.0 Å². The van der Waals surface area contributed by atoms with Crippen molar-refractivity contribution in [1.82, 2.24) is 4.90 Å². The first-order valence-corrected chi connectivity index (χ1v) is 7.37. The van der Waals surface area contributed by atoms with Gasteiger partial charge in [0.15, 0.2) is 0 Å². The zero-order valence-corrected chi connectivity index (χ0v) is 12.4. The van der Waals surface area contributed by atoms with E-state index in [1.807, 2.05) is 36.2 Å². The van der Waals surface area contributed by atoms with Crippen molar-refractivity contribution in [2.45, 2.75) is 32.3 Å². The number of amides is 1. The minimum atomic E-state index is 0.0337. The molecule has 0 radical (unpaired) electrons. The third-order valence-corrected chi connectivity index (χ3v) is 3.63. The van der Waals surface area contributed by atoms with Gasteiger partial charge in [0.1, 0.15) is 0 Å². The molecule has 1 N–H and O–H groups in total. The summed E-state index contributed by atoms with van der Waals surface area (Å²) in [5.74, 6) is 0.0337. The molecule has 2 rings (SSSR count). The van der Waals surface area contributed by atoms with Gasteiger partial charge in [-0.15, -0.1) is 0 Å². The molecule has 1 fully saturated rings. The van der Waals surface area contributed by atoms with Gasteiger partial charge in [0.2, 0.25) is 5.91 Å². The van der Waals surface area contributed by atoms with Crippen molar-refractivity contribution in [1.29, 1.82) is 0 Å². The second-order valence-corrected chi connectivity index (χ2v) is 5.39. The summed E-state index contributed by atoms with van der Waals surface area (Å²) in [5, 5.41) is 3.00. The lowest BCUT2D eigenvalue weighted by molar-refractivity contribution is -0.117. The molecule has 1 atom stereocenters. The lowest BCUT2D eigenvalue weighted by Gasteiger charge is -2.20. The highest BCUT2D eigenvalue weighted by molar-refractivity contribution is 5.92. The zero-order valence-electron chi connectivity index (χ0n) is 12.4. The lowest BCUT2D eigenvalue weighted by Crippen LogP contribution is -2.35. The van der Waals surface area contributed by atoms with E-state index >= 15 is 0 Å². The van der Waals surface area contributed by atoms with Crippen LogP contribution in [0.2, 0.25) is 0 Å². The van der Waals surface area contributed by atoms with E-state index in [4.69, 9.17) is 4.74 Å². The van der Waals surface area contributed by atoms with E-state index in [9.17, 15) is 4.79 Å². The minimum absolute atomic E-state index is 0.0337. The smallest absolute Gasteiger partial charge is 0.238 e. The topological polar surface area (TPSA) is 41.6 Å². The van der Waals surface area contributed by atoms with Crippen molar-refractivity contribution in [3.63, 3.8) is 0 Å². The lowest BCUT2D eigenvalue weighted by atomic mass is 10.1. The van der Waals surface area contributed by atoms with Gasteiger partial charge in [0.25, 0.3) is 0 Å². The van der Waals surface area contributed by atoms with E-state index in [1.165, 1.54) is 5.56 Å². The number of rotatable bonds is 6. The summed E-state index contributed by atoms with van der Waals surface area (Å²) in [4.78, 5) is 14.1. The van der Waals surface area contributed by atoms with Crippen LogP contribution in [0.25, 0.3) is 0 Å². The fraction of sp³-hybridized carbons (Fsp3) is 0.562. The number of hydrogen-bond donors (Lipinski definition) is 1. The molecule has 4 heteroatoms. The normalized spacial score (nSPS) is 18.4. The first-order chi connectivity index (χ1) is 9.69. The number of nitrogens with zero attached hydrogens (tertiary/aromatic N) is 1. The molecule has 1 saturated heterocycles. The average molecular weight is 276 g/mol. The van der Waals surface area contributed by atoms with Crippen LogP contribution in [0.15, 0.2) is 24.3 Å². The van der Waals surface area contributed by atoms with Crippen molar-refractivity contribution in [3.05, 3.63) is 29.8 Å². The molecule has 1 aliphatic rings. The van der Waals surface area contributed by atoms with Crippen LogP contribution >= 0.6 is 0 Å². The van der Waals surface area contributed by atoms with Gasteiger partial charge in [-0.1, -0.05) is 25.1 Å². The Labute approximate surface area is 121 Å². The Hall–Kier alpha value is -1.39. The first-order valence-electron chi connectivity index (χ1n) is 7.37. The number of ether oxygens (including phenoxy) is 1. The van der Waals surface area contributed by atoms with Crippen LogP contribution in [0, 0.1) is 0 Å². The van der Waals surface area contributed by atoms with Crippen LogP contribution in [-0.2, 0) is 16.0 Å². The van der Waals surface area contributed by atoms with E-state index in [2.05, 4.69) is 12.2 Å². The van der Waals surface area contributed by atoms with E-state index in [0.29, 0.717) is 6.54 Å². The van der Waals surface area contributed by atoms with Crippen LogP contribution in [0.1, 0.15) is 25.3 Å². The number of benzene rings is 1. The van der Waals surface area contributed by atoms with Crippen molar-refractivity contribution in [3.8, 4) is 0 Å². The van der Waals surface area contributed by atoms with Gasteiger partial charge in [-0.2, -0.15) is 0 Å². The van der Waals surface area contributed by atoms with Gasteiger partial charge < -0.3 is 10.1 Å². The number of likely N-dealkylation sites (N-methyl/N-ethyl adjacent to an activating group) is 1. The quantitative estimate of drug-likeness (QED) is 0.867. The average Bonchev–Trinajstić information content (AvgIpc) is 2.91. The number of para-hydroxylation sites is 1. The fourth-order valence-corrected chi connectivity index (χ4v) is 2.59. The summed E-state index contributed by atoms with van der Waals surface area (Å²) < 4.78 is 5.59. The molecule has 0 aromatic heterocycles. The second-order valence-electron chi connectivity index (χ2n) is 5.39. The maximum Gasteiger partial charge on any atom is 0.238 e. The molecule has 1 aliphatic heterocycles. The molecule has 1 heterocycles. The van der Waals surface area contributed by atoms with Gasteiger partial charge in [-0.3, -0.25) is 9.69 Å². The molecule has 20 heavy (non-hydrogen) atoms. The number of aryl methyl sites for hydroxylation is 1. The van der Waals surface area contributed by atoms with E-state index in [1.54, 1.807) is 0 Å². The van der Waals surface area contributed by atoms with Crippen molar-refractivity contribution in [2.75, 3.05) is 32.1 Å². The second kappa shape index (κ2) is 7.41. The van der Waals surface area contributed by atoms with Crippen LogP contribution in [0.3, 0.4) is 0 Å². The Morgan fingerprint density at radius 3 is 2.95 bits per heavy atom. The van der Waals surface area contributed by atoms with Crippen LogP contribution in [0.5, 0.6) is 0 Å². The third-order valence-electron chi connectivity index (χ3n) is 3.63. The summed E-state index contributed by atoms with van der Waals surface area (Å²) in [6, 6.07) is 7.95. The SMILES string of the molecule is CCc1ccccc1NC(=O)CN(C)CC1CCCO1. The van der Waals surface area contributed by atoms with Gasteiger partial charge in [0.05, 0.1) is 12.6 Å². The molecule has 110 valence electrons. The highest BCUT2D eigenvalue weighted by Crippen LogP contribution is 2.16. The standard InChI is InChI=1S/C16H24N2O2/c1-3-13-7-4-5-9-15(13)17-16(19)12-18(2)11-14-8-6-10-20-14/h4-5,7,9,14H,3,6,8,10-12H2,1-2H3,(H,17,19). The summed E-state index contributed by atoms with van der Waals surface area (Å²) in [5.41, 5.74) is 2.09. The molecule has 0 spiro atoms. The largest absolute Gasteiger partial charge is 0.377 e. The van der Waals surface area contributed by atoms with Crippen LogP contribution < -0.4 is 5.32 Å². The Bertz CT molecular complexity index is 442.